The maximum atomic E-state index is 6.54. The lowest BCUT2D eigenvalue weighted by Gasteiger charge is -2.27. The van der Waals surface area contributed by atoms with Gasteiger partial charge in [-0.1, -0.05) is 121 Å². The van der Waals surface area contributed by atoms with Gasteiger partial charge in [0.15, 0.2) is 0 Å². The summed E-state index contributed by atoms with van der Waals surface area (Å²) in [6.45, 7) is 0. The molecule has 0 fully saturated rings. The van der Waals surface area contributed by atoms with E-state index in [1.807, 2.05) is 22.7 Å². The van der Waals surface area contributed by atoms with Gasteiger partial charge in [0.2, 0.25) is 0 Å². The Hall–Kier alpha value is -6.72. The first-order valence-corrected chi connectivity index (χ1v) is 20.5. The van der Waals surface area contributed by atoms with E-state index in [0.29, 0.717) is 0 Å². The molecule has 262 valence electrons. The molecule has 0 radical (unpaired) electrons. The minimum Gasteiger partial charge on any atom is -0.455 e. The van der Waals surface area contributed by atoms with Gasteiger partial charge in [-0.05, 0) is 94.4 Å². The first kappa shape index (κ1) is 31.6. The van der Waals surface area contributed by atoms with Gasteiger partial charge < -0.3 is 9.32 Å². The van der Waals surface area contributed by atoms with Crippen LogP contribution in [0.2, 0.25) is 0 Å². The summed E-state index contributed by atoms with van der Waals surface area (Å²) in [5.74, 6) is 0. The summed E-state index contributed by atoms with van der Waals surface area (Å²) in [7, 11) is 0. The van der Waals surface area contributed by atoms with Crippen LogP contribution in [0.1, 0.15) is 0 Å². The van der Waals surface area contributed by atoms with E-state index in [0.717, 1.165) is 44.3 Å². The number of hydrogen-bond acceptors (Lipinski definition) is 4. The number of hydrogen-bond donors (Lipinski definition) is 0. The Morgan fingerprint density at radius 3 is 1.80 bits per heavy atom. The molecular weight excluding hydrogens is 719 g/mol. The second-order valence-corrected chi connectivity index (χ2v) is 16.6. The summed E-state index contributed by atoms with van der Waals surface area (Å²) < 4.78 is 11.8. The van der Waals surface area contributed by atoms with Crippen LogP contribution in [0.3, 0.4) is 0 Å². The van der Waals surface area contributed by atoms with E-state index in [1.54, 1.807) is 0 Å². The first-order chi connectivity index (χ1) is 27.7. The van der Waals surface area contributed by atoms with Crippen LogP contribution in [0.25, 0.3) is 95.3 Å². The molecule has 12 aromatic rings. The van der Waals surface area contributed by atoms with E-state index in [2.05, 4.69) is 193 Å². The van der Waals surface area contributed by atoms with Gasteiger partial charge in [-0.2, -0.15) is 0 Å². The van der Waals surface area contributed by atoms with Crippen LogP contribution in [0.15, 0.2) is 192 Å². The van der Waals surface area contributed by atoms with E-state index < -0.39 is 0 Å². The lowest BCUT2D eigenvalue weighted by Crippen LogP contribution is -2.10. The van der Waals surface area contributed by atoms with Crippen molar-refractivity contribution in [3.05, 3.63) is 188 Å². The molecule has 0 atom stereocenters. The summed E-state index contributed by atoms with van der Waals surface area (Å²) >= 11 is 3.72. The highest BCUT2D eigenvalue weighted by molar-refractivity contribution is 7.26. The normalized spacial score (nSPS) is 11.9. The van der Waals surface area contributed by atoms with Crippen LogP contribution in [0.4, 0.5) is 17.1 Å². The Morgan fingerprint density at radius 1 is 0.375 bits per heavy atom. The predicted molar refractivity (Wildman–Crippen MR) is 243 cm³/mol. The number of benzene rings is 9. The molecule has 9 aromatic carbocycles. The van der Waals surface area contributed by atoms with Crippen molar-refractivity contribution in [3.63, 3.8) is 0 Å². The SMILES string of the molecule is c1ccc2c(c1)ccc1c2oc2cccc(-c3ccc(N(c4ccc(-c5ccc6c(c5)sc5ccccc56)cc4)c4cccc5sc6ccccc6c45)cc3)c21. The van der Waals surface area contributed by atoms with Crippen molar-refractivity contribution in [2.45, 2.75) is 0 Å². The Morgan fingerprint density at radius 2 is 0.982 bits per heavy atom. The maximum absolute atomic E-state index is 6.54. The summed E-state index contributed by atoms with van der Waals surface area (Å²) in [4.78, 5) is 2.42. The molecule has 2 nitrogen and oxygen atoms in total. The van der Waals surface area contributed by atoms with Crippen LogP contribution in [-0.2, 0) is 0 Å². The van der Waals surface area contributed by atoms with Gasteiger partial charge in [-0.15, -0.1) is 22.7 Å². The van der Waals surface area contributed by atoms with E-state index in [4.69, 9.17) is 4.42 Å². The zero-order chi connectivity index (χ0) is 36.7. The monoisotopic (exact) mass is 749 g/mol. The van der Waals surface area contributed by atoms with Gasteiger partial charge in [-0.25, -0.2) is 0 Å². The number of anilines is 3. The zero-order valence-corrected chi connectivity index (χ0v) is 31.7. The molecule has 0 aliphatic heterocycles. The number of thiophene rings is 2. The Balaban J connectivity index is 0.993. The smallest absolute Gasteiger partial charge is 0.143 e. The minimum atomic E-state index is 0.905. The maximum Gasteiger partial charge on any atom is 0.143 e. The molecule has 0 saturated carbocycles. The largest absolute Gasteiger partial charge is 0.455 e. The molecule has 4 heteroatoms. The Kier molecular flexibility index (Phi) is 7.00. The van der Waals surface area contributed by atoms with Crippen LogP contribution in [-0.4, -0.2) is 0 Å². The van der Waals surface area contributed by atoms with Crippen molar-refractivity contribution in [2.24, 2.45) is 0 Å². The lowest BCUT2D eigenvalue weighted by molar-refractivity contribution is 0.673. The molecule has 0 aliphatic rings. The standard InChI is InChI=1S/C52H31NOS2/c1-2-10-39-33(9-1)23-30-43-50-38(13-7-15-45(50)54-52(39)43)34-21-27-37(28-22-34)53(44-14-8-18-48-51(44)42-12-4-6-17-47(42)55-48)36-25-19-32(20-26-36)35-24-29-41-40-11-3-5-16-46(40)56-49(41)31-35/h1-31H. The highest BCUT2D eigenvalue weighted by Crippen LogP contribution is 2.46. The van der Waals surface area contributed by atoms with Crippen molar-refractivity contribution in [1.82, 2.24) is 0 Å². The van der Waals surface area contributed by atoms with Crippen LogP contribution in [0.5, 0.6) is 0 Å². The molecule has 12 rings (SSSR count). The molecule has 56 heavy (non-hydrogen) atoms. The zero-order valence-electron chi connectivity index (χ0n) is 30.1. The molecule has 0 amide bonds. The number of fused-ring (bicyclic) bond motifs is 11. The second kappa shape index (κ2) is 12.4. The summed E-state index contributed by atoms with van der Waals surface area (Å²) in [6, 6.07) is 68.5. The molecule has 0 N–H and O–H groups in total. The molecule has 3 aromatic heterocycles. The van der Waals surface area contributed by atoms with Gasteiger partial charge in [0.25, 0.3) is 0 Å². The molecular formula is C52H31NOS2. The van der Waals surface area contributed by atoms with Crippen LogP contribution < -0.4 is 4.90 Å². The van der Waals surface area contributed by atoms with E-state index >= 15 is 0 Å². The number of furan rings is 1. The molecule has 3 heterocycles. The Labute approximate surface area is 330 Å². The first-order valence-electron chi connectivity index (χ1n) is 18.9. The van der Waals surface area contributed by atoms with Crippen LogP contribution >= 0.6 is 22.7 Å². The fourth-order valence-corrected chi connectivity index (χ4v) is 10.9. The van der Waals surface area contributed by atoms with Crippen molar-refractivity contribution in [3.8, 4) is 22.3 Å². The molecule has 0 bridgehead atoms. The summed E-state index contributed by atoms with van der Waals surface area (Å²) in [6.07, 6.45) is 0. The number of rotatable bonds is 5. The molecule has 0 spiro atoms. The fourth-order valence-electron chi connectivity index (χ4n) is 8.66. The highest BCUT2D eigenvalue weighted by atomic mass is 32.1. The van der Waals surface area contributed by atoms with E-state index in [9.17, 15) is 0 Å². The van der Waals surface area contributed by atoms with Crippen molar-refractivity contribution < 1.29 is 4.42 Å². The Bertz CT molecular complexity index is 3480. The van der Waals surface area contributed by atoms with Crippen molar-refractivity contribution in [1.29, 1.82) is 0 Å². The molecule has 0 aliphatic carbocycles. The van der Waals surface area contributed by atoms with Gasteiger partial charge >= 0.3 is 0 Å². The summed E-state index contributed by atoms with van der Waals surface area (Å²) in [5.41, 5.74) is 9.98. The molecule has 0 saturated heterocycles. The van der Waals surface area contributed by atoms with Crippen molar-refractivity contribution >= 4 is 113 Å². The predicted octanol–water partition coefficient (Wildman–Crippen LogP) is 16.3. The third kappa shape index (κ3) is 4.86. The average molecular weight is 750 g/mol. The second-order valence-electron chi connectivity index (χ2n) is 14.4. The lowest BCUT2D eigenvalue weighted by atomic mass is 9.97. The van der Waals surface area contributed by atoms with E-state index in [-0.39, 0.29) is 0 Å². The van der Waals surface area contributed by atoms with Crippen LogP contribution in [0, 0.1) is 0 Å². The van der Waals surface area contributed by atoms with E-state index in [1.165, 1.54) is 68.1 Å². The van der Waals surface area contributed by atoms with Gasteiger partial charge in [0, 0.05) is 67.9 Å². The third-order valence-corrected chi connectivity index (χ3v) is 13.6. The van der Waals surface area contributed by atoms with Crippen molar-refractivity contribution in [2.75, 3.05) is 4.90 Å². The third-order valence-electron chi connectivity index (χ3n) is 11.3. The topological polar surface area (TPSA) is 16.4 Å². The average Bonchev–Trinajstić information content (AvgIpc) is 3.96. The minimum absolute atomic E-state index is 0.905. The quantitative estimate of drug-likeness (QED) is 0.174. The number of nitrogens with zero attached hydrogens (tertiary/aromatic N) is 1. The van der Waals surface area contributed by atoms with Gasteiger partial charge in [-0.3, -0.25) is 0 Å². The van der Waals surface area contributed by atoms with Gasteiger partial charge in [0.05, 0.1) is 5.69 Å². The molecule has 0 unspecified atom stereocenters. The summed E-state index contributed by atoms with van der Waals surface area (Å²) in [5, 5.41) is 9.82. The highest BCUT2D eigenvalue weighted by Gasteiger charge is 2.20. The fraction of sp³-hybridized carbons (Fsp3) is 0. The van der Waals surface area contributed by atoms with Gasteiger partial charge in [0.1, 0.15) is 11.2 Å².